The average molecular weight is 391 g/mol. The molecule has 0 radical (unpaired) electrons. The first-order chi connectivity index (χ1) is 14.1. The summed E-state index contributed by atoms with van der Waals surface area (Å²) >= 11 is 0. The fraction of sp³-hybridized carbons (Fsp3) is 0.136. The molecule has 0 fully saturated rings. The molecule has 2 N–H and O–H groups in total. The van der Waals surface area contributed by atoms with Crippen LogP contribution in [0.5, 0.6) is 5.75 Å². The Morgan fingerprint density at radius 1 is 0.931 bits per heavy atom. The SMILES string of the molecule is Cc1cc(NC(=O)COc2ccc(NC(=O)OCc3ccccc3)cc2)ccn1. The van der Waals surface area contributed by atoms with Gasteiger partial charge in [0, 0.05) is 23.3 Å². The molecule has 0 aliphatic carbocycles. The van der Waals surface area contributed by atoms with E-state index in [1.54, 1.807) is 42.6 Å². The molecule has 3 aromatic rings. The van der Waals surface area contributed by atoms with E-state index < -0.39 is 6.09 Å². The van der Waals surface area contributed by atoms with Crippen LogP contribution in [0.15, 0.2) is 72.9 Å². The minimum Gasteiger partial charge on any atom is -0.484 e. The first-order valence-electron chi connectivity index (χ1n) is 9.01. The summed E-state index contributed by atoms with van der Waals surface area (Å²) in [6.45, 7) is 1.91. The van der Waals surface area contributed by atoms with E-state index in [2.05, 4.69) is 15.6 Å². The van der Waals surface area contributed by atoms with Gasteiger partial charge in [-0.2, -0.15) is 0 Å². The van der Waals surface area contributed by atoms with Gasteiger partial charge in [-0.25, -0.2) is 4.79 Å². The Morgan fingerprint density at radius 2 is 1.69 bits per heavy atom. The summed E-state index contributed by atoms with van der Waals surface area (Å²) < 4.78 is 10.6. The third-order valence-electron chi connectivity index (χ3n) is 3.86. The van der Waals surface area contributed by atoms with Crippen LogP contribution in [0.3, 0.4) is 0 Å². The van der Waals surface area contributed by atoms with Crippen LogP contribution < -0.4 is 15.4 Å². The Balaban J connectivity index is 1.42. The zero-order valence-electron chi connectivity index (χ0n) is 15.9. The van der Waals surface area contributed by atoms with Crippen LogP contribution in [0.1, 0.15) is 11.3 Å². The molecule has 0 saturated carbocycles. The standard InChI is InChI=1S/C22H21N3O4/c1-16-13-19(11-12-23-16)24-21(26)15-28-20-9-7-18(8-10-20)25-22(27)29-14-17-5-3-2-4-6-17/h2-13H,14-15H2,1H3,(H,25,27)(H,23,24,26). The molecule has 0 atom stereocenters. The summed E-state index contributed by atoms with van der Waals surface area (Å²) in [5.74, 6) is 0.233. The highest BCUT2D eigenvalue weighted by Gasteiger charge is 2.06. The largest absolute Gasteiger partial charge is 0.484 e. The maximum Gasteiger partial charge on any atom is 0.411 e. The number of hydrogen-bond acceptors (Lipinski definition) is 5. The molecule has 7 heteroatoms. The van der Waals surface area contributed by atoms with Crippen molar-refractivity contribution in [2.45, 2.75) is 13.5 Å². The number of benzene rings is 2. The maximum atomic E-state index is 12.0. The Labute approximate surface area is 168 Å². The minimum atomic E-state index is -0.547. The van der Waals surface area contributed by atoms with Gasteiger partial charge in [0.05, 0.1) is 0 Å². The highest BCUT2D eigenvalue weighted by molar-refractivity contribution is 5.91. The van der Waals surface area contributed by atoms with Crippen molar-refractivity contribution in [3.63, 3.8) is 0 Å². The molecule has 0 unspecified atom stereocenters. The van der Waals surface area contributed by atoms with Gasteiger partial charge in [0.15, 0.2) is 6.61 Å². The number of hydrogen-bond donors (Lipinski definition) is 2. The highest BCUT2D eigenvalue weighted by Crippen LogP contribution is 2.16. The molecule has 0 bridgehead atoms. The molecule has 0 saturated heterocycles. The fourth-order valence-corrected chi connectivity index (χ4v) is 2.48. The van der Waals surface area contributed by atoms with E-state index in [0.717, 1.165) is 11.3 Å². The number of aryl methyl sites for hydroxylation is 1. The van der Waals surface area contributed by atoms with E-state index in [1.807, 2.05) is 37.3 Å². The summed E-state index contributed by atoms with van der Waals surface area (Å²) in [5, 5.41) is 5.38. The van der Waals surface area contributed by atoms with Crippen molar-refractivity contribution < 1.29 is 19.1 Å². The number of amides is 2. The lowest BCUT2D eigenvalue weighted by atomic mass is 10.2. The number of nitrogens with zero attached hydrogens (tertiary/aromatic N) is 1. The van der Waals surface area contributed by atoms with Crippen molar-refractivity contribution in [2.24, 2.45) is 0 Å². The maximum absolute atomic E-state index is 12.0. The van der Waals surface area contributed by atoms with Gasteiger partial charge in [0.25, 0.3) is 5.91 Å². The normalized spacial score (nSPS) is 10.1. The van der Waals surface area contributed by atoms with Crippen LogP contribution >= 0.6 is 0 Å². The molecule has 3 rings (SSSR count). The van der Waals surface area contributed by atoms with Crippen molar-refractivity contribution in [2.75, 3.05) is 17.2 Å². The second-order valence-corrected chi connectivity index (χ2v) is 6.23. The summed E-state index contributed by atoms with van der Waals surface area (Å²) in [5.41, 5.74) is 2.95. The quantitative estimate of drug-likeness (QED) is 0.631. The van der Waals surface area contributed by atoms with Gasteiger partial charge in [0.1, 0.15) is 12.4 Å². The van der Waals surface area contributed by atoms with Gasteiger partial charge in [-0.05, 0) is 48.9 Å². The van der Waals surface area contributed by atoms with Crippen LogP contribution in [0.2, 0.25) is 0 Å². The molecule has 0 spiro atoms. The predicted molar refractivity (Wildman–Crippen MR) is 110 cm³/mol. The number of rotatable bonds is 7. The van der Waals surface area contributed by atoms with Crippen LogP contribution in [0.4, 0.5) is 16.2 Å². The number of pyridine rings is 1. The highest BCUT2D eigenvalue weighted by atomic mass is 16.5. The second-order valence-electron chi connectivity index (χ2n) is 6.23. The van der Waals surface area contributed by atoms with E-state index in [-0.39, 0.29) is 19.1 Å². The van der Waals surface area contributed by atoms with Crippen molar-refractivity contribution in [1.29, 1.82) is 0 Å². The predicted octanol–water partition coefficient (Wildman–Crippen LogP) is 4.16. The third-order valence-corrected chi connectivity index (χ3v) is 3.86. The average Bonchev–Trinajstić information content (AvgIpc) is 2.72. The van der Waals surface area contributed by atoms with Gasteiger partial charge < -0.3 is 14.8 Å². The molecule has 0 aliphatic rings. The van der Waals surface area contributed by atoms with Crippen molar-refractivity contribution in [3.8, 4) is 5.75 Å². The lowest BCUT2D eigenvalue weighted by molar-refractivity contribution is -0.118. The van der Waals surface area contributed by atoms with Gasteiger partial charge >= 0.3 is 6.09 Å². The van der Waals surface area contributed by atoms with Crippen molar-refractivity contribution in [3.05, 3.63) is 84.2 Å². The Morgan fingerprint density at radius 3 is 2.41 bits per heavy atom. The molecule has 0 aliphatic heterocycles. The van der Waals surface area contributed by atoms with Crippen LogP contribution in [0.25, 0.3) is 0 Å². The Bertz CT molecular complexity index is 959. The summed E-state index contributed by atoms with van der Waals surface area (Å²) in [6, 6.07) is 19.6. The van der Waals surface area contributed by atoms with E-state index in [4.69, 9.17) is 9.47 Å². The number of nitrogens with one attached hydrogen (secondary N) is 2. The van der Waals surface area contributed by atoms with Gasteiger partial charge in [-0.1, -0.05) is 30.3 Å². The Hall–Kier alpha value is -3.87. The van der Waals surface area contributed by atoms with Crippen LogP contribution in [-0.4, -0.2) is 23.6 Å². The van der Waals surface area contributed by atoms with E-state index in [1.165, 1.54) is 0 Å². The number of aromatic nitrogens is 1. The minimum absolute atomic E-state index is 0.132. The molecule has 1 heterocycles. The molecule has 2 amide bonds. The lowest BCUT2D eigenvalue weighted by Gasteiger charge is -2.09. The third kappa shape index (κ3) is 6.66. The number of anilines is 2. The fourth-order valence-electron chi connectivity index (χ4n) is 2.48. The molecule has 148 valence electrons. The van der Waals surface area contributed by atoms with Crippen molar-refractivity contribution in [1.82, 2.24) is 4.98 Å². The first-order valence-corrected chi connectivity index (χ1v) is 9.01. The molecule has 29 heavy (non-hydrogen) atoms. The molecule has 2 aromatic carbocycles. The molecule has 1 aromatic heterocycles. The van der Waals surface area contributed by atoms with Crippen LogP contribution in [0, 0.1) is 6.92 Å². The molecule has 7 nitrogen and oxygen atoms in total. The summed E-state index contributed by atoms with van der Waals surface area (Å²) in [4.78, 5) is 27.9. The number of carbonyl (C=O) groups excluding carboxylic acids is 2. The van der Waals surface area contributed by atoms with Crippen molar-refractivity contribution >= 4 is 23.4 Å². The smallest absolute Gasteiger partial charge is 0.411 e. The first kappa shape index (κ1) is 19.9. The zero-order chi connectivity index (χ0) is 20.5. The van der Waals surface area contributed by atoms with Gasteiger partial charge in [-0.15, -0.1) is 0 Å². The monoisotopic (exact) mass is 391 g/mol. The topological polar surface area (TPSA) is 89.6 Å². The number of ether oxygens (including phenoxy) is 2. The molecular weight excluding hydrogens is 370 g/mol. The second kappa shape index (κ2) is 9.89. The van der Waals surface area contributed by atoms with Gasteiger partial charge in [-0.3, -0.25) is 15.1 Å². The van der Waals surface area contributed by atoms with E-state index in [0.29, 0.717) is 17.1 Å². The summed E-state index contributed by atoms with van der Waals surface area (Å²) in [6.07, 6.45) is 1.08. The van der Waals surface area contributed by atoms with Crippen LogP contribution in [-0.2, 0) is 16.1 Å². The Kier molecular flexibility index (Phi) is 6.78. The summed E-state index contributed by atoms with van der Waals surface area (Å²) in [7, 11) is 0. The van der Waals surface area contributed by atoms with Gasteiger partial charge in [0.2, 0.25) is 0 Å². The zero-order valence-corrected chi connectivity index (χ0v) is 15.9. The van der Waals surface area contributed by atoms with E-state index in [9.17, 15) is 9.59 Å². The number of carbonyl (C=O) groups is 2. The van der Waals surface area contributed by atoms with E-state index >= 15 is 0 Å². The lowest BCUT2D eigenvalue weighted by Crippen LogP contribution is -2.20. The molecular formula is C22H21N3O4.